The number of hydrogen-bond acceptors (Lipinski definition) is 3. The minimum atomic E-state index is 0.114. The molecule has 7 aromatic rings. The molecule has 0 unspecified atom stereocenters. The number of furan rings is 1. The van der Waals surface area contributed by atoms with E-state index in [2.05, 4.69) is 119 Å². The first kappa shape index (κ1) is 25.3. The molecule has 2 heterocycles. The van der Waals surface area contributed by atoms with Gasteiger partial charge < -0.3 is 9.32 Å². The van der Waals surface area contributed by atoms with Crippen LogP contribution in [0.5, 0.6) is 0 Å². The Kier molecular flexibility index (Phi) is 5.01. The van der Waals surface area contributed by atoms with E-state index in [1.165, 1.54) is 48.9 Å². The fourth-order valence-electron chi connectivity index (χ4n) is 10.9. The maximum atomic E-state index is 6.42. The maximum Gasteiger partial charge on any atom is 0.137 e. The van der Waals surface area contributed by atoms with Gasteiger partial charge in [-0.2, -0.15) is 0 Å². The van der Waals surface area contributed by atoms with Gasteiger partial charge in [0.25, 0.3) is 0 Å². The van der Waals surface area contributed by atoms with E-state index in [0.717, 1.165) is 67.9 Å². The Morgan fingerprint density at radius 2 is 1.35 bits per heavy atom. The third-order valence-corrected chi connectivity index (χ3v) is 12.3. The fourth-order valence-corrected chi connectivity index (χ4v) is 10.9. The topological polar surface area (TPSA) is 29.3 Å². The molecule has 5 aromatic carbocycles. The third kappa shape index (κ3) is 3.25. The van der Waals surface area contributed by atoms with E-state index in [9.17, 15) is 0 Å². The summed E-state index contributed by atoms with van der Waals surface area (Å²) in [6.07, 6.45) is 8.87. The van der Waals surface area contributed by atoms with Gasteiger partial charge >= 0.3 is 0 Å². The first-order chi connectivity index (χ1) is 22.8. The van der Waals surface area contributed by atoms with E-state index in [-0.39, 0.29) is 5.41 Å². The first-order valence-corrected chi connectivity index (χ1v) is 17.1. The van der Waals surface area contributed by atoms with E-state index in [1.807, 2.05) is 12.3 Å². The van der Waals surface area contributed by atoms with Gasteiger partial charge in [-0.1, -0.05) is 60.7 Å². The number of hydrogen-bond donors (Lipinski definition) is 0. The monoisotopic (exact) mass is 594 g/mol. The fraction of sp³-hybridized carbons (Fsp3) is 0.233. The highest BCUT2D eigenvalue weighted by Gasteiger charge is 2.61. The number of nitrogens with zero attached hydrogens (tertiary/aromatic N) is 2. The van der Waals surface area contributed by atoms with Crippen molar-refractivity contribution in [1.29, 1.82) is 0 Å². The normalized spacial score (nSPS) is 25.5. The molecule has 0 N–H and O–H groups in total. The van der Waals surface area contributed by atoms with Crippen molar-refractivity contribution in [2.45, 2.75) is 37.5 Å². The molecule has 222 valence electrons. The van der Waals surface area contributed by atoms with Crippen LogP contribution in [0, 0.1) is 23.7 Å². The van der Waals surface area contributed by atoms with Crippen LogP contribution in [-0.4, -0.2) is 4.98 Å². The van der Waals surface area contributed by atoms with E-state index in [4.69, 9.17) is 4.42 Å². The Morgan fingerprint density at radius 1 is 0.609 bits per heavy atom. The van der Waals surface area contributed by atoms with Gasteiger partial charge in [0.05, 0.1) is 16.6 Å². The number of para-hydroxylation sites is 1. The van der Waals surface area contributed by atoms with Crippen LogP contribution in [0.3, 0.4) is 0 Å². The standard InChI is InChI=1S/C43H34N2O/c1-3-10-36-33(8-1)34-16-14-32(25-37(34)43(36)29-20-26-19-27(22-29)23-30(43)21-26)45(31-15-17-38-28(24-31)7-6-18-44-38)39-11-5-13-41-42(39)35-9-2-4-12-40(35)46-41/h1-18,24-27,29-30H,19-23H2. The zero-order valence-corrected chi connectivity index (χ0v) is 25.7. The Balaban J connectivity index is 1.19. The Bertz CT molecular complexity index is 2340. The molecular formula is C43H34N2O. The minimum Gasteiger partial charge on any atom is -0.456 e. The van der Waals surface area contributed by atoms with E-state index in [0.29, 0.717) is 0 Å². The van der Waals surface area contributed by atoms with Crippen LogP contribution < -0.4 is 4.90 Å². The summed E-state index contributed by atoms with van der Waals surface area (Å²) in [4.78, 5) is 7.12. The van der Waals surface area contributed by atoms with Crippen LogP contribution in [0.25, 0.3) is 44.0 Å². The van der Waals surface area contributed by atoms with Gasteiger partial charge in [-0.3, -0.25) is 4.98 Å². The van der Waals surface area contributed by atoms with Gasteiger partial charge in [0.15, 0.2) is 0 Å². The molecule has 5 aliphatic carbocycles. The lowest BCUT2D eigenvalue weighted by molar-refractivity contribution is -0.0399. The second kappa shape index (κ2) is 9.10. The van der Waals surface area contributed by atoms with E-state index >= 15 is 0 Å². The predicted molar refractivity (Wildman–Crippen MR) is 187 cm³/mol. The molecule has 0 saturated heterocycles. The van der Waals surface area contributed by atoms with Gasteiger partial charge in [0.1, 0.15) is 11.2 Å². The summed E-state index contributed by atoms with van der Waals surface area (Å²) in [5.41, 5.74) is 12.5. The van der Waals surface area contributed by atoms with Crippen molar-refractivity contribution in [2.24, 2.45) is 23.7 Å². The van der Waals surface area contributed by atoms with Crippen molar-refractivity contribution in [3.05, 3.63) is 133 Å². The van der Waals surface area contributed by atoms with Crippen LogP contribution in [0.15, 0.2) is 126 Å². The summed E-state index contributed by atoms with van der Waals surface area (Å²) in [5, 5.41) is 3.43. The average molecular weight is 595 g/mol. The van der Waals surface area contributed by atoms with Gasteiger partial charge in [0, 0.05) is 33.8 Å². The van der Waals surface area contributed by atoms with Crippen LogP contribution in [-0.2, 0) is 5.41 Å². The van der Waals surface area contributed by atoms with E-state index < -0.39 is 0 Å². The lowest BCUT2D eigenvalue weighted by Gasteiger charge is -2.61. The van der Waals surface area contributed by atoms with Crippen molar-refractivity contribution in [3.63, 3.8) is 0 Å². The number of fused-ring (bicyclic) bond motifs is 7. The molecule has 12 rings (SSSR count). The molecule has 0 atom stereocenters. The molecule has 1 spiro atoms. The van der Waals surface area contributed by atoms with Gasteiger partial charge in [0.2, 0.25) is 0 Å². The maximum absolute atomic E-state index is 6.42. The molecule has 2 aromatic heterocycles. The highest BCUT2D eigenvalue weighted by atomic mass is 16.3. The summed E-state index contributed by atoms with van der Waals surface area (Å²) < 4.78 is 6.42. The Hall–Kier alpha value is -4.89. The largest absolute Gasteiger partial charge is 0.456 e. The highest BCUT2D eigenvalue weighted by Crippen LogP contribution is 2.69. The molecule has 0 amide bonds. The average Bonchev–Trinajstić information content (AvgIpc) is 3.61. The van der Waals surface area contributed by atoms with Crippen LogP contribution in [0.1, 0.15) is 43.2 Å². The molecule has 0 aliphatic heterocycles. The number of pyridine rings is 1. The molecular weight excluding hydrogens is 560 g/mol. The number of benzene rings is 5. The lowest BCUT2D eigenvalue weighted by atomic mass is 9.43. The lowest BCUT2D eigenvalue weighted by Crippen LogP contribution is -2.55. The predicted octanol–water partition coefficient (Wildman–Crippen LogP) is 11.3. The number of rotatable bonds is 3. The first-order valence-electron chi connectivity index (χ1n) is 17.1. The Labute approximate surface area is 268 Å². The van der Waals surface area contributed by atoms with Crippen molar-refractivity contribution in [1.82, 2.24) is 4.98 Å². The van der Waals surface area contributed by atoms with Gasteiger partial charge in [-0.25, -0.2) is 0 Å². The van der Waals surface area contributed by atoms with Crippen LogP contribution in [0.4, 0.5) is 17.1 Å². The molecule has 4 fully saturated rings. The molecule has 4 saturated carbocycles. The number of aromatic nitrogens is 1. The highest BCUT2D eigenvalue weighted by molar-refractivity contribution is 6.13. The van der Waals surface area contributed by atoms with Gasteiger partial charge in [-0.15, -0.1) is 0 Å². The molecule has 5 aliphatic rings. The zero-order valence-electron chi connectivity index (χ0n) is 25.7. The SMILES string of the molecule is c1ccc2c(c1)-c1ccc(N(c3ccc4ncccc4c3)c3cccc4oc5ccccc5c34)cc1C21C2CC3CC(C2)CC1C3. The minimum absolute atomic E-state index is 0.114. The van der Waals surface area contributed by atoms with Crippen molar-refractivity contribution in [2.75, 3.05) is 4.90 Å². The Morgan fingerprint density at radius 3 is 2.24 bits per heavy atom. The summed E-state index contributed by atoms with van der Waals surface area (Å²) in [7, 11) is 0. The van der Waals surface area contributed by atoms with E-state index in [1.54, 1.807) is 11.1 Å². The number of anilines is 3. The molecule has 46 heavy (non-hydrogen) atoms. The summed E-state index contributed by atoms with van der Waals surface area (Å²) in [6, 6.07) is 42.6. The van der Waals surface area contributed by atoms with Crippen LogP contribution in [0.2, 0.25) is 0 Å². The van der Waals surface area contributed by atoms with Crippen molar-refractivity contribution < 1.29 is 4.42 Å². The molecule has 0 radical (unpaired) electrons. The molecule has 3 heteroatoms. The van der Waals surface area contributed by atoms with Gasteiger partial charge in [-0.05, 0) is 133 Å². The molecule has 3 nitrogen and oxygen atoms in total. The quantitative estimate of drug-likeness (QED) is 0.204. The summed E-state index contributed by atoms with van der Waals surface area (Å²) in [5.74, 6) is 3.29. The van der Waals surface area contributed by atoms with Crippen LogP contribution >= 0.6 is 0 Å². The smallest absolute Gasteiger partial charge is 0.137 e. The third-order valence-electron chi connectivity index (χ3n) is 12.3. The second-order valence-electron chi connectivity index (χ2n) is 14.4. The second-order valence-corrected chi connectivity index (χ2v) is 14.4. The summed E-state index contributed by atoms with van der Waals surface area (Å²) >= 11 is 0. The molecule has 4 bridgehead atoms. The van der Waals surface area contributed by atoms with Crippen molar-refractivity contribution in [3.8, 4) is 11.1 Å². The zero-order chi connectivity index (χ0) is 30.0. The summed E-state index contributed by atoms with van der Waals surface area (Å²) in [6.45, 7) is 0. The van der Waals surface area contributed by atoms with Crippen molar-refractivity contribution >= 4 is 49.9 Å².